The lowest BCUT2D eigenvalue weighted by molar-refractivity contribution is -0.143. The van der Waals surface area contributed by atoms with Gasteiger partial charge in [-0.2, -0.15) is 5.10 Å². The molecule has 1 aliphatic heterocycles. The van der Waals surface area contributed by atoms with Crippen molar-refractivity contribution in [3.8, 4) is 0 Å². The summed E-state index contributed by atoms with van der Waals surface area (Å²) >= 11 is 0. The summed E-state index contributed by atoms with van der Waals surface area (Å²) in [7, 11) is 0. The molecule has 1 unspecified atom stereocenters. The number of nitrogens with two attached hydrogens (primary N) is 1. The monoisotopic (exact) mass is 251 g/mol. The highest BCUT2D eigenvalue weighted by atomic mass is 16.2. The molecule has 98 valence electrons. The van der Waals surface area contributed by atoms with Gasteiger partial charge in [0.1, 0.15) is 12.6 Å². The van der Waals surface area contributed by atoms with Gasteiger partial charge in [-0.3, -0.25) is 14.3 Å². The lowest BCUT2D eigenvalue weighted by atomic mass is 10.1. The fraction of sp³-hybridized carbons (Fsp3) is 0.545. The van der Waals surface area contributed by atoms with Crippen LogP contribution >= 0.6 is 0 Å². The van der Waals surface area contributed by atoms with E-state index in [9.17, 15) is 9.59 Å². The van der Waals surface area contributed by atoms with Crippen molar-refractivity contribution < 1.29 is 9.59 Å². The van der Waals surface area contributed by atoms with Crippen LogP contribution in [0.4, 0.5) is 5.69 Å². The van der Waals surface area contributed by atoms with Gasteiger partial charge >= 0.3 is 0 Å². The van der Waals surface area contributed by atoms with E-state index in [0.29, 0.717) is 25.2 Å². The molecule has 7 nitrogen and oxygen atoms in total. The first-order chi connectivity index (χ1) is 8.61. The van der Waals surface area contributed by atoms with E-state index < -0.39 is 0 Å². The smallest absolute Gasteiger partial charge is 0.245 e. The topological polar surface area (TPSA) is 93.2 Å². The number of aromatic nitrogens is 2. The summed E-state index contributed by atoms with van der Waals surface area (Å²) in [6, 6.07) is -0.376. The van der Waals surface area contributed by atoms with Crippen molar-refractivity contribution in [2.75, 3.05) is 18.8 Å². The molecule has 0 spiro atoms. The number of hydrogen-bond acceptors (Lipinski definition) is 4. The van der Waals surface area contributed by atoms with Crippen molar-refractivity contribution in [2.24, 2.45) is 0 Å². The van der Waals surface area contributed by atoms with Crippen LogP contribution in [-0.2, 0) is 16.1 Å². The van der Waals surface area contributed by atoms with Crippen molar-refractivity contribution in [1.29, 1.82) is 0 Å². The third-order valence-electron chi connectivity index (χ3n) is 2.99. The minimum atomic E-state index is -0.376. The molecular weight excluding hydrogens is 234 g/mol. The third-order valence-corrected chi connectivity index (χ3v) is 2.99. The van der Waals surface area contributed by atoms with E-state index in [1.807, 2.05) is 6.92 Å². The zero-order chi connectivity index (χ0) is 13.1. The van der Waals surface area contributed by atoms with Crippen LogP contribution in [0, 0.1) is 0 Å². The standard InChI is InChI=1S/C11H17N5O2/c1-2-9-11(18)13-3-4-16(9)10(17)7-15-6-8(12)5-14-15/h5-6,9H,2-4,7,12H2,1H3,(H,13,18). The Kier molecular flexibility index (Phi) is 3.50. The van der Waals surface area contributed by atoms with Gasteiger partial charge in [0.2, 0.25) is 11.8 Å². The van der Waals surface area contributed by atoms with Gasteiger partial charge in [0.15, 0.2) is 0 Å². The maximum absolute atomic E-state index is 12.1. The summed E-state index contributed by atoms with van der Waals surface area (Å²) in [5.41, 5.74) is 6.06. The lowest BCUT2D eigenvalue weighted by Gasteiger charge is -2.34. The van der Waals surface area contributed by atoms with Crippen molar-refractivity contribution in [3.63, 3.8) is 0 Å². The fourth-order valence-corrected chi connectivity index (χ4v) is 2.11. The van der Waals surface area contributed by atoms with E-state index in [2.05, 4.69) is 10.4 Å². The number of nitrogens with zero attached hydrogens (tertiary/aromatic N) is 3. The highest BCUT2D eigenvalue weighted by Gasteiger charge is 2.31. The molecule has 18 heavy (non-hydrogen) atoms. The van der Waals surface area contributed by atoms with Gasteiger partial charge in [0, 0.05) is 19.3 Å². The summed E-state index contributed by atoms with van der Waals surface area (Å²) in [4.78, 5) is 25.4. The third kappa shape index (κ3) is 2.44. The van der Waals surface area contributed by atoms with Crippen molar-refractivity contribution in [2.45, 2.75) is 25.9 Å². The number of carbonyl (C=O) groups excluding carboxylic acids is 2. The molecule has 1 aliphatic rings. The normalized spacial score (nSPS) is 19.7. The quantitative estimate of drug-likeness (QED) is 0.735. The number of rotatable bonds is 3. The SMILES string of the molecule is CCC1C(=O)NCCN1C(=O)Cn1cc(N)cn1. The Balaban J connectivity index is 2.05. The number of anilines is 1. The molecule has 1 saturated heterocycles. The minimum Gasteiger partial charge on any atom is -0.396 e. The molecule has 3 N–H and O–H groups in total. The van der Waals surface area contributed by atoms with Crippen molar-refractivity contribution in [3.05, 3.63) is 12.4 Å². The molecule has 0 aliphatic carbocycles. The van der Waals surface area contributed by atoms with E-state index in [4.69, 9.17) is 5.73 Å². The summed E-state index contributed by atoms with van der Waals surface area (Å²) in [6.07, 6.45) is 3.70. The Labute approximate surface area is 105 Å². The van der Waals surface area contributed by atoms with E-state index in [0.717, 1.165) is 0 Å². The molecule has 1 aromatic heterocycles. The Hall–Kier alpha value is -2.05. The molecule has 1 aromatic rings. The van der Waals surface area contributed by atoms with Crippen LogP contribution in [0.2, 0.25) is 0 Å². The molecule has 0 bridgehead atoms. The largest absolute Gasteiger partial charge is 0.396 e. The number of hydrogen-bond donors (Lipinski definition) is 2. The van der Waals surface area contributed by atoms with Gasteiger partial charge < -0.3 is 16.0 Å². The van der Waals surface area contributed by atoms with E-state index in [-0.39, 0.29) is 24.4 Å². The summed E-state index contributed by atoms with van der Waals surface area (Å²) in [6.45, 7) is 3.05. The first-order valence-electron chi connectivity index (χ1n) is 5.97. The number of piperazine rings is 1. The molecular formula is C11H17N5O2. The molecule has 2 rings (SSSR count). The number of nitrogens with one attached hydrogen (secondary N) is 1. The average molecular weight is 251 g/mol. The van der Waals surface area contributed by atoms with Gasteiger partial charge in [-0.05, 0) is 6.42 Å². The van der Waals surface area contributed by atoms with Crippen LogP contribution in [0.5, 0.6) is 0 Å². The highest BCUT2D eigenvalue weighted by molar-refractivity contribution is 5.88. The predicted molar refractivity (Wildman–Crippen MR) is 65.4 cm³/mol. The van der Waals surface area contributed by atoms with Gasteiger partial charge in [-0.25, -0.2) is 0 Å². The van der Waals surface area contributed by atoms with E-state index >= 15 is 0 Å². The number of amides is 2. The van der Waals surface area contributed by atoms with Crippen LogP contribution in [0.1, 0.15) is 13.3 Å². The molecule has 2 heterocycles. The van der Waals surface area contributed by atoms with Crippen LogP contribution in [0.15, 0.2) is 12.4 Å². The maximum atomic E-state index is 12.1. The summed E-state index contributed by atoms with van der Waals surface area (Å²) in [5.74, 6) is -0.197. The number of carbonyl (C=O) groups is 2. The van der Waals surface area contributed by atoms with Gasteiger partial charge in [0.25, 0.3) is 0 Å². The van der Waals surface area contributed by atoms with E-state index in [1.165, 1.54) is 10.9 Å². The number of nitrogen functional groups attached to an aromatic ring is 1. The first kappa shape index (κ1) is 12.4. The second-order valence-electron chi connectivity index (χ2n) is 4.27. The van der Waals surface area contributed by atoms with Crippen LogP contribution in [0.25, 0.3) is 0 Å². The average Bonchev–Trinajstić information content (AvgIpc) is 2.74. The van der Waals surface area contributed by atoms with Crippen molar-refractivity contribution >= 4 is 17.5 Å². The van der Waals surface area contributed by atoms with Crippen LogP contribution in [-0.4, -0.2) is 45.6 Å². The summed E-state index contributed by atoms with van der Waals surface area (Å²) in [5, 5.41) is 6.72. The molecule has 2 amide bonds. The molecule has 0 radical (unpaired) electrons. The molecule has 7 heteroatoms. The predicted octanol–water partition coefficient (Wildman–Crippen LogP) is -0.798. The second kappa shape index (κ2) is 5.07. The zero-order valence-electron chi connectivity index (χ0n) is 10.3. The van der Waals surface area contributed by atoms with Gasteiger partial charge in [0.05, 0.1) is 11.9 Å². The molecule has 1 atom stereocenters. The maximum Gasteiger partial charge on any atom is 0.245 e. The Morgan fingerprint density at radius 2 is 2.44 bits per heavy atom. The molecule has 0 aromatic carbocycles. The highest BCUT2D eigenvalue weighted by Crippen LogP contribution is 2.10. The Morgan fingerprint density at radius 3 is 3.06 bits per heavy atom. The van der Waals surface area contributed by atoms with Gasteiger partial charge in [-0.15, -0.1) is 0 Å². The fourth-order valence-electron chi connectivity index (χ4n) is 2.11. The van der Waals surface area contributed by atoms with Crippen LogP contribution in [0.3, 0.4) is 0 Å². The summed E-state index contributed by atoms with van der Waals surface area (Å²) < 4.78 is 1.48. The molecule has 1 fully saturated rings. The van der Waals surface area contributed by atoms with Gasteiger partial charge in [-0.1, -0.05) is 6.92 Å². The second-order valence-corrected chi connectivity index (χ2v) is 4.27. The van der Waals surface area contributed by atoms with E-state index in [1.54, 1.807) is 11.1 Å². The molecule has 0 saturated carbocycles. The van der Waals surface area contributed by atoms with Crippen LogP contribution < -0.4 is 11.1 Å². The Bertz CT molecular complexity index is 456. The zero-order valence-corrected chi connectivity index (χ0v) is 10.3. The Morgan fingerprint density at radius 1 is 1.67 bits per heavy atom. The van der Waals surface area contributed by atoms with Crippen molar-refractivity contribution in [1.82, 2.24) is 20.0 Å². The minimum absolute atomic E-state index is 0.0860. The lowest BCUT2D eigenvalue weighted by Crippen LogP contribution is -2.57. The first-order valence-corrected chi connectivity index (χ1v) is 5.97.